The van der Waals surface area contributed by atoms with E-state index in [9.17, 15) is 14.0 Å². The quantitative estimate of drug-likeness (QED) is 0.757. The van der Waals surface area contributed by atoms with Crippen molar-refractivity contribution in [1.29, 1.82) is 0 Å². The number of aromatic carboxylic acids is 1. The van der Waals surface area contributed by atoms with Crippen LogP contribution in [0.15, 0.2) is 36.4 Å². The van der Waals surface area contributed by atoms with E-state index in [0.29, 0.717) is 11.3 Å². The summed E-state index contributed by atoms with van der Waals surface area (Å²) in [4.78, 5) is 23.2. The van der Waals surface area contributed by atoms with Crippen LogP contribution < -0.4 is 11.1 Å². The maximum Gasteiger partial charge on any atom is 0.336 e. The third-order valence-corrected chi connectivity index (χ3v) is 3.07. The molecule has 4 N–H and O–H groups in total. The lowest BCUT2D eigenvalue weighted by Crippen LogP contribution is -2.15. The van der Waals surface area contributed by atoms with Crippen LogP contribution in [0.2, 0.25) is 0 Å². The highest BCUT2D eigenvalue weighted by atomic mass is 19.1. The number of amides is 1. The summed E-state index contributed by atoms with van der Waals surface area (Å²) in [6, 6.07) is 8.01. The summed E-state index contributed by atoms with van der Waals surface area (Å²) in [5, 5.41) is 11.6. The Bertz CT molecular complexity index is 729. The second kappa shape index (κ2) is 5.62. The van der Waals surface area contributed by atoms with E-state index in [1.54, 1.807) is 13.0 Å². The largest absolute Gasteiger partial charge is 0.478 e. The Morgan fingerprint density at radius 3 is 2.52 bits per heavy atom. The molecule has 0 heterocycles. The molecule has 0 spiro atoms. The van der Waals surface area contributed by atoms with Crippen LogP contribution >= 0.6 is 0 Å². The van der Waals surface area contributed by atoms with Crippen molar-refractivity contribution >= 4 is 23.3 Å². The molecule has 108 valence electrons. The van der Waals surface area contributed by atoms with Crippen LogP contribution in [0.25, 0.3) is 0 Å². The third-order valence-electron chi connectivity index (χ3n) is 3.07. The Kier molecular flexibility index (Phi) is 3.89. The molecule has 0 saturated heterocycles. The Labute approximate surface area is 120 Å². The fourth-order valence-corrected chi connectivity index (χ4v) is 1.93. The van der Waals surface area contributed by atoms with Gasteiger partial charge >= 0.3 is 5.97 Å². The molecule has 0 fully saturated rings. The van der Waals surface area contributed by atoms with Gasteiger partial charge in [-0.25, -0.2) is 9.18 Å². The summed E-state index contributed by atoms with van der Waals surface area (Å²) in [6.45, 7) is 1.59. The molecule has 0 radical (unpaired) electrons. The monoisotopic (exact) mass is 288 g/mol. The predicted octanol–water partition coefficient (Wildman–Crippen LogP) is 2.67. The molecule has 0 atom stereocenters. The van der Waals surface area contributed by atoms with E-state index in [0.717, 1.165) is 12.1 Å². The van der Waals surface area contributed by atoms with Gasteiger partial charge in [-0.15, -0.1) is 0 Å². The van der Waals surface area contributed by atoms with Crippen LogP contribution in [-0.4, -0.2) is 17.0 Å². The van der Waals surface area contributed by atoms with E-state index >= 15 is 0 Å². The van der Waals surface area contributed by atoms with Crippen molar-refractivity contribution in [3.05, 3.63) is 58.9 Å². The zero-order valence-corrected chi connectivity index (χ0v) is 11.2. The topological polar surface area (TPSA) is 92.4 Å². The Morgan fingerprint density at radius 1 is 1.19 bits per heavy atom. The zero-order chi connectivity index (χ0) is 15.6. The minimum Gasteiger partial charge on any atom is -0.478 e. The van der Waals surface area contributed by atoms with Crippen molar-refractivity contribution in [3.63, 3.8) is 0 Å². The number of carbonyl (C=O) groups is 2. The lowest BCUT2D eigenvalue weighted by molar-refractivity contribution is 0.0695. The molecule has 2 aromatic carbocycles. The van der Waals surface area contributed by atoms with E-state index < -0.39 is 17.7 Å². The number of nitrogens with two attached hydrogens (primary N) is 1. The molecule has 2 aromatic rings. The molecule has 0 aliphatic rings. The number of benzene rings is 2. The normalized spacial score (nSPS) is 10.2. The smallest absolute Gasteiger partial charge is 0.336 e. The summed E-state index contributed by atoms with van der Waals surface area (Å²) in [5.74, 6) is -2.14. The van der Waals surface area contributed by atoms with E-state index in [1.165, 1.54) is 18.2 Å². The van der Waals surface area contributed by atoms with Crippen LogP contribution in [0.5, 0.6) is 0 Å². The van der Waals surface area contributed by atoms with Crippen molar-refractivity contribution in [2.75, 3.05) is 11.1 Å². The van der Waals surface area contributed by atoms with Gasteiger partial charge in [0.05, 0.1) is 11.1 Å². The average Bonchev–Trinajstić information content (AvgIpc) is 2.40. The molecular weight excluding hydrogens is 275 g/mol. The molecular formula is C15H13FN2O3. The number of carboxylic acid groups (broad SMARTS) is 1. The minimum absolute atomic E-state index is 0.0135. The van der Waals surface area contributed by atoms with Crippen molar-refractivity contribution in [2.24, 2.45) is 0 Å². The number of nitrogen functional groups attached to an aromatic ring is 1. The van der Waals surface area contributed by atoms with Crippen LogP contribution in [0, 0.1) is 12.7 Å². The number of hydrogen-bond donors (Lipinski definition) is 3. The van der Waals surface area contributed by atoms with Gasteiger partial charge in [0.15, 0.2) is 0 Å². The molecule has 0 aromatic heterocycles. The molecule has 0 aliphatic heterocycles. The highest BCUT2D eigenvalue weighted by Gasteiger charge is 2.14. The van der Waals surface area contributed by atoms with Crippen molar-refractivity contribution in [3.8, 4) is 0 Å². The van der Waals surface area contributed by atoms with Crippen molar-refractivity contribution < 1.29 is 19.1 Å². The Morgan fingerprint density at radius 2 is 1.90 bits per heavy atom. The fourth-order valence-electron chi connectivity index (χ4n) is 1.93. The standard InChI is InChI=1S/C15H13FN2O3/c1-8-10(15(20)21)3-2-4-13(8)18-14(19)11-6-5-9(16)7-12(11)17/h2-7H,17H2,1H3,(H,18,19)(H,20,21). The highest BCUT2D eigenvalue weighted by Crippen LogP contribution is 2.21. The van der Waals surface area contributed by atoms with Crippen LogP contribution in [-0.2, 0) is 0 Å². The first-order valence-electron chi connectivity index (χ1n) is 6.09. The second-order valence-corrected chi connectivity index (χ2v) is 4.47. The van der Waals surface area contributed by atoms with Gasteiger partial charge in [-0.1, -0.05) is 6.07 Å². The van der Waals surface area contributed by atoms with E-state index in [2.05, 4.69) is 5.32 Å². The van der Waals surface area contributed by atoms with Gasteiger partial charge in [0, 0.05) is 11.4 Å². The molecule has 6 heteroatoms. The van der Waals surface area contributed by atoms with Gasteiger partial charge in [-0.2, -0.15) is 0 Å². The number of carboxylic acids is 1. The van der Waals surface area contributed by atoms with Crippen LogP contribution in [0.3, 0.4) is 0 Å². The summed E-state index contributed by atoms with van der Waals surface area (Å²) >= 11 is 0. The van der Waals surface area contributed by atoms with Gasteiger partial charge in [-0.3, -0.25) is 4.79 Å². The molecule has 2 rings (SSSR count). The van der Waals surface area contributed by atoms with Crippen molar-refractivity contribution in [2.45, 2.75) is 6.92 Å². The van der Waals surface area contributed by atoms with E-state index in [4.69, 9.17) is 10.8 Å². The van der Waals surface area contributed by atoms with Crippen LogP contribution in [0.1, 0.15) is 26.3 Å². The SMILES string of the molecule is Cc1c(NC(=O)c2ccc(F)cc2N)cccc1C(=O)O. The predicted molar refractivity (Wildman–Crippen MR) is 76.9 cm³/mol. The maximum absolute atomic E-state index is 13.0. The average molecular weight is 288 g/mol. The number of anilines is 2. The van der Waals surface area contributed by atoms with E-state index in [-0.39, 0.29) is 16.8 Å². The summed E-state index contributed by atoms with van der Waals surface area (Å²) in [6.07, 6.45) is 0. The van der Waals surface area contributed by atoms with E-state index in [1.807, 2.05) is 0 Å². The lowest BCUT2D eigenvalue weighted by atomic mass is 10.1. The van der Waals surface area contributed by atoms with Gasteiger partial charge < -0.3 is 16.2 Å². The molecule has 0 bridgehead atoms. The number of halogens is 1. The third kappa shape index (κ3) is 3.00. The van der Waals surface area contributed by atoms with Gasteiger partial charge in [0.2, 0.25) is 0 Å². The molecule has 0 unspecified atom stereocenters. The Hall–Kier alpha value is -2.89. The summed E-state index contributed by atoms with van der Waals surface area (Å²) < 4.78 is 13.0. The second-order valence-electron chi connectivity index (χ2n) is 4.47. The highest BCUT2D eigenvalue weighted by molar-refractivity contribution is 6.08. The lowest BCUT2D eigenvalue weighted by Gasteiger charge is -2.11. The van der Waals surface area contributed by atoms with Gasteiger partial charge in [-0.05, 0) is 42.8 Å². The van der Waals surface area contributed by atoms with Crippen molar-refractivity contribution in [1.82, 2.24) is 0 Å². The number of rotatable bonds is 3. The summed E-state index contributed by atoms with van der Waals surface area (Å²) in [5.41, 5.74) is 6.62. The maximum atomic E-state index is 13.0. The molecule has 21 heavy (non-hydrogen) atoms. The summed E-state index contributed by atoms with van der Waals surface area (Å²) in [7, 11) is 0. The zero-order valence-electron chi connectivity index (χ0n) is 11.2. The van der Waals surface area contributed by atoms with Crippen LogP contribution in [0.4, 0.5) is 15.8 Å². The Balaban J connectivity index is 2.32. The first-order chi connectivity index (χ1) is 9.90. The minimum atomic E-state index is -1.08. The number of hydrogen-bond acceptors (Lipinski definition) is 3. The van der Waals surface area contributed by atoms with Gasteiger partial charge in [0.25, 0.3) is 5.91 Å². The first kappa shape index (κ1) is 14.5. The number of carbonyl (C=O) groups excluding carboxylic acids is 1. The molecule has 1 amide bonds. The molecule has 0 saturated carbocycles. The number of nitrogens with one attached hydrogen (secondary N) is 1. The molecule has 0 aliphatic carbocycles. The first-order valence-corrected chi connectivity index (χ1v) is 6.09. The van der Waals surface area contributed by atoms with Gasteiger partial charge in [0.1, 0.15) is 5.82 Å². The molecule has 5 nitrogen and oxygen atoms in total. The fraction of sp³-hybridized carbons (Fsp3) is 0.0667.